The topological polar surface area (TPSA) is 32.8 Å². The van der Waals surface area contributed by atoms with E-state index in [0.717, 1.165) is 55.2 Å². The predicted octanol–water partition coefficient (Wildman–Crippen LogP) is 5.15. The van der Waals surface area contributed by atoms with Crippen molar-refractivity contribution in [2.45, 2.75) is 33.9 Å². The number of carbonyl (C=O) groups is 1. The molecule has 0 aliphatic carbocycles. The molecule has 0 N–H and O–H groups in total. The van der Waals surface area contributed by atoms with Crippen molar-refractivity contribution in [3.8, 4) is 5.75 Å². The van der Waals surface area contributed by atoms with Gasteiger partial charge >= 0.3 is 0 Å². The fourth-order valence-corrected chi connectivity index (χ4v) is 4.28. The molecule has 3 aromatic rings. The molecule has 1 aliphatic rings. The van der Waals surface area contributed by atoms with Crippen LogP contribution in [0.2, 0.25) is 0 Å². The molecule has 0 bridgehead atoms. The van der Waals surface area contributed by atoms with E-state index in [4.69, 9.17) is 4.74 Å². The molecule has 4 heteroatoms. The summed E-state index contributed by atoms with van der Waals surface area (Å²) < 4.78 is 6.01. The molecule has 0 unspecified atom stereocenters. The van der Waals surface area contributed by atoms with E-state index in [9.17, 15) is 4.79 Å². The minimum absolute atomic E-state index is 0.105. The van der Waals surface area contributed by atoms with Crippen LogP contribution in [0, 0.1) is 20.8 Å². The molecule has 3 aromatic carbocycles. The van der Waals surface area contributed by atoms with Gasteiger partial charge in [-0.3, -0.25) is 9.69 Å². The summed E-state index contributed by atoms with van der Waals surface area (Å²) in [5.74, 6) is 0.991. The fourth-order valence-electron chi connectivity index (χ4n) is 4.28. The van der Waals surface area contributed by atoms with E-state index in [-0.39, 0.29) is 5.91 Å². The Morgan fingerprint density at radius 1 is 0.812 bits per heavy atom. The highest BCUT2D eigenvalue weighted by molar-refractivity contribution is 5.94. The lowest BCUT2D eigenvalue weighted by Gasteiger charge is -2.35. The van der Waals surface area contributed by atoms with Crippen LogP contribution in [0.4, 0.5) is 0 Å². The van der Waals surface area contributed by atoms with Crippen LogP contribution in [-0.2, 0) is 13.2 Å². The number of carbonyl (C=O) groups excluding carboxylic acids is 1. The molecule has 32 heavy (non-hydrogen) atoms. The third kappa shape index (κ3) is 5.57. The number of aryl methyl sites for hydroxylation is 3. The van der Waals surface area contributed by atoms with Gasteiger partial charge in [-0.1, -0.05) is 59.7 Å². The first-order chi connectivity index (χ1) is 15.5. The first-order valence-corrected chi connectivity index (χ1v) is 11.3. The number of nitrogens with zero attached hydrogens (tertiary/aromatic N) is 2. The van der Waals surface area contributed by atoms with Crippen LogP contribution in [-0.4, -0.2) is 41.9 Å². The zero-order valence-corrected chi connectivity index (χ0v) is 19.3. The van der Waals surface area contributed by atoms with Crippen LogP contribution in [0.1, 0.15) is 38.2 Å². The Bertz CT molecular complexity index is 1080. The summed E-state index contributed by atoms with van der Waals surface area (Å²) in [6.07, 6.45) is 0. The highest BCUT2D eigenvalue weighted by Crippen LogP contribution is 2.21. The van der Waals surface area contributed by atoms with Crippen LogP contribution >= 0.6 is 0 Å². The monoisotopic (exact) mass is 428 g/mol. The molecule has 1 saturated heterocycles. The summed E-state index contributed by atoms with van der Waals surface area (Å²) in [6, 6.07) is 22.7. The summed E-state index contributed by atoms with van der Waals surface area (Å²) in [4.78, 5) is 17.5. The van der Waals surface area contributed by atoms with E-state index in [1.54, 1.807) is 0 Å². The fraction of sp³-hybridized carbons (Fsp3) is 0.321. The van der Waals surface area contributed by atoms with Gasteiger partial charge in [0.1, 0.15) is 12.4 Å². The van der Waals surface area contributed by atoms with Gasteiger partial charge in [0, 0.05) is 38.3 Å². The van der Waals surface area contributed by atoms with Crippen molar-refractivity contribution in [3.63, 3.8) is 0 Å². The van der Waals surface area contributed by atoms with Crippen molar-refractivity contribution in [1.29, 1.82) is 0 Å². The average molecular weight is 429 g/mol. The molecule has 1 aliphatic heterocycles. The second-order valence-corrected chi connectivity index (χ2v) is 8.82. The van der Waals surface area contributed by atoms with Gasteiger partial charge in [-0.2, -0.15) is 0 Å². The summed E-state index contributed by atoms with van der Waals surface area (Å²) in [5.41, 5.74) is 6.72. The molecule has 0 atom stereocenters. The van der Waals surface area contributed by atoms with E-state index < -0.39 is 0 Å². The van der Waals surface area contributed by atoms with Crippen molar-refractivity contribution in [1.82, 2.24) is 9.80 Å². The van der Waals surface area contributed by atoms with Gasteiger partial charge in [0.15, 0.2) is 0 Å². The highest BCUT2D eigenvalue weighted by atomic mass is 16.5. The molecule has 0 radical (unpaired) electrons. The Morgan fingerprint density at radius 3 is 2.28 bits per heavy atom. The minimum atomic E-state index is 0.105. The molecule has 166 valence electrons. The molecular formula is C28H32N2O2. The Hall–Kier alpha value is -3.11. The van der Waals surface area contributed by atoms with E-state index in [1.807, 2.05) is 35.2 Å². The van der Waals surface area contributed by atoms with E-state index in [1.165, 1.54) is 16.7 Å². The normalized spacial score (nSPS) is 14.4. The quantitative estimate of drug-likeness (QED) is 0.544. The maximum Gasteiger partial charge on any atom is 0.253 e. The van der Waals surface area contributed by atoms with Gasteiger partial charge in [0.25, 0.3) is 5.91 Å². The number of hydrogen-bond donors (Lipinski definition) is 0. The van der Waals surface area contributed by atoms with Gasteiger partial charge < -0.3 is 9.64 Å². The Labute approximate surface area is 191 Å². The highest BCUT2D eigenvalue weighted by Gasteiger charge is 2.22. The molecule has 0 spiro atoms. The number of ether oxygens (including phenoxy) is 1. The van der Waals surface area contributed by atoms with Gasteiger partial charge in [0.2, 0.25) is 0 Å². The Balaban J connectivity index is 1.32. The van der Waals surface area contributed by atoms with Crippen LogP contribution in [0.25, 0.3) is 0 Å². The van der Waals surface area contributed by atoms with Gasteiger partial charge in [-0.05, 0) is 55.7 Å². The van der Waals surface area contributed by atoms with Crippen molar-refractivity contribution in [3.05, 3.63) is 100 Å². The van der Waals surface area contributed by atoms with Gasteiger partial charge in [0.05, 0.1) is 0 Å². The number of rotatable bonds is 6. The zero-order valence-electron chi connectivity index (χ0n) is 19.3. The SMILES string of the molecule is Cc1cccc(CN2CCN(C(=O)c3cccc(COc4ccc(C)cc4C)c3)CC2)c1. The van der Waals surface area contributed by atoms with Crippen molar-refractivity contribution >= 4 is 5.91 Å². The maximum absolute atomic E-state index is 13.1. The van der Waals surface area contributed by atoms with Crippen LogP contribution < -0.4 is 4.74 Å². The molecule has 4 nitrogen and oxygen atoms in total. The molecule has 1 amide bonds. The summed E-state index contributed by atoms with van der Waals surface area (Å²) in [5, 5.41) is 0. The first kappa shape index (κ1) is 22.1. The third-order valence-electron chi connectivity index (χ3n) is 6.05. The van der Waals surface area contributed by atoms with Gasteiger partial charge in [-0.25, -0.2) is 0 Å². The first-order valence-electron chi connectivity index (χ1n) is 11.3. The number of benzene rings is 3. The standard InChI is InChI=1S/C28H32N2O2/c1-21-6-4-7-24(17-21)19-29-12-14-30(15-13-29)28(31)26-9-5-8-25(18-26)20-32-27-11-10-22(2)16-23(27)3/h4-11,16-18H,12-15,19-20H2,1-3H3. The number of amides is 1. The Kier molecular flexibility index (Phi) is 6.91. The summed E-state index contributed by atoms with van der Waals surface area (Å²) in [6.45, 7) is 11.0. The second-order valence-electron chi connectivity index (χ2n) is 8.82. The lowest BCUT2D eigenvalue weighted by Crippen LogP contribution is -2.48. The summed E-state index contributed by atoms with van der Waals surface area (Å²) in [7, 11) is 0. The van der Waals surface area contributed by atoms with Crippen LogP contribution in [0.15, 0.2) is 66.7 Å². The molecule has 1 fully saturated rings. The summed E-state index contributed by atoms with van der Waals surface area (Å²) >= 11 is 0. The van der Waals surface area contributed by atoms with Gasteiger partial charge in [-0.15, -0.1) is 0 Å². The van der Waals surface area contributed by atoms with Crippen molar-refractivity contribution in [2.75, 3.05) is 26.2 Å². The lowest BCUT2D eigenvalue weighted by atomic mass is 10.1. The van der Waals surface area contributed by atoms with Crippen LogP contribution in [0.3, 0.4) is 0 Å². The minimum Gasteiger partial charge on any atom is -0.489 e. The largest absolute Gasteiger partial charge is 0.489 e. The lowest BCUT2D eigenvalue weighted by molar-refractivity contribution is 0.0628. The van der Waals surface area contributed by atoms with E-state index in [0.29, 0.717) is 6.61 Å². The molecule has 0 saturated carbocycles. The molecule has 4 rings (SSSR count). The number of piperazine rings is 1. The van der Waals surface area contributed by atoms with E-state index in [2.05, 4.69) is 62.1 Å². The van der Waals surface area contributed by atoms with Crippen molar-refractivity contribution in [2.24, 2.45) is 0 Å². The third-order valence-corrected chi connectivity index (χ3v) is 6.05. The van der Waals surface area contributed by atoms with Crippen molar-refractivity contribution < 1.29 is 9.53 Å². The molecule has 1 heterocycles. The molecular weight excluding hydrogens is 396 g/mol. The number of hydrogen-bond acceptors (Lipinski definition) is 3. The predicted molar refractivity (Wildman–Crippen MR) is 129 cm³/mol. The van der Waals surface area contributed by atoms with Crippen LogP contribution in [0.5, 0.6) is 5.75 Å². The Morgan fingerprint density at radius 2 is 1.53 bits per heavy atom. The zero-order chi connectivity index (χ0) is 22.5. The second kappa shape index (κ2) is 10.0. The average Bonchev–Trinajstić information content (AvgIpc) is 2.79. The maximum atomic E-state index is 13.1. The smallest absolute Gasteiger partial charge is 0.253 e. The van der Waals surface area contributed by atoms with E-state index >= 15 is 0 Å². The molecule has 0 aromatic heterocycles.